The number of imide groups is 1. The van der Waals surface area contributed by atoms with Gasteiger partial charge in [0.15, 0.2) is 0 Å². The highest BCUT2D eigenvalue weighted by Crippen LogP contribution is 2.40. The van der Waals surface area contributed by atoms with Crippen LogP contribution in [0.5, 0.6) is 0 Å². The van der Waals surface area contributed by atoms with Crippen molar-refractivity contribution in [3.63, 3.8) is 0 Å². The van der Waals surface area contributed by atoms with Gasteiger partial charge < -0.3 is 9.88 Å². The third-order valence-electron chi connectivity index (χ3n) is 6.10. The van der Waals surface area contributed by atoms with E-state index in [4.69, 9.17) is 0 Å². The smallest absolute Gasteiger partial charge is 0.345 e. The molecule has 5 heterocycles. The van der Waals surface area contributed by atoms with E-state index in [1.165, 1.54) is 6.20 Å². The minimum Gasteiger partial charge on any atom is -0.345 e. The van der Waals surface area contributed by atoms with Gasteiger partial charge in [0.25, 0.3) is 11.8 Å². The van der Waals surface area contributed by atoms with Crippen molar-refractivity contribution in [1.29, 1.82) is 0 Å². The standard InChI is InChI=1S/C23H16F3N5O2/c24-23(25,26)13-7-12-9-27-4-6-30-11-15(14(8-13)20(12)30)18-19(22(33)29-21(18)32)16-10-28-17-3-1-2-5-31(16)17/h1-3,5,7-8,10-11,27H,4,6,9H2,(H,29,32,33). The molecule has 2 N–H and O–H groups in total. The van der Waals surface area contributed by atoms with Gasteiger partial charge in [-0.05, 0) is 29.8 Å². The molecular formula is C23H16F3N5O2. The van der Waals surface area contributed by atoms with Crippen LogP contribution in [0.15, 0.2) is 48.9 Å². The zero-order valence-electron chi connectivity index (χ0n) is 17.0. The Morgan fingerprint density at radius 2 is 1.88 bits per heavy atom. The first kappa shape index (κ1) is 19.7. The summed E-state index contributed by atoms with van der Waals surface area (Å²) in [4.78, 5) is 30.1. The first-order valence-electron chi connectivity index (χ1n) is 10.3. The Kier molecular flexibility index (Phi) is 4.06. The normalized spacial score (nSPS) is 16.7. The van der Waals surface area contributed by atoms with Crippen LogP contribution in [-0.4, -0.2) is 32.3 Å². The number of nitrogens with zero attached hydrogens (tertiary/aromatic N) is 3. The quantitative estimate of drug-likeness (QED) is 0.460. The Morgan fingerprint density at radius 3 is 2.70 bits per heavy atom. The van der Waals surface area contributed by atoms with E-state index in [1.54, 1.807) is 35.0 Å². The van der Waals surface area contributed by atoms with Crippen LogP contribution in [0, 0.1) is 0 Å². The zero-order valence-corrected chi connectivity index (χ0v) is 17.0. The van der Waals surface area contributed by atoms with E-state index in [-0.39, 0.29) is 23.1 Å². The Labute approximate surface area is 184 Å². The minimum absolute atomic E-state index is 0.0493. The molecule has 6 rings (SSSR count). The number of fused-ring (bicyclic) bond motifs is 1. The molecule has 10 heteroatoms. The number of aromatic nitrogens is 3. The fraction of sp³-hybridized carbons (Fsp3) is 0.174. The maximum Gasteiger partial charge on any atom is 0.416 e. The number of alkyl halides is 3. The summed E-state index contributed by atoms with van der Waals surface area (Å²) < 4.78 is 44.6. The molecule has 2 amide bonds. The lowest BCUT2D eigenvalue weighted by atomic mass is 9.96. The van der Waals surface area contributed by atoms with E-state index in [0.29, 0.717) is 41.1 Å². The molecule has 0 unspecified atom stereocenters. The molecule has 166 valence electrons. The molecule has 0 spiro atoms. The second kappa shape index (κ2) is 6.79. The number of nitrogens with one attached hydrogen (secondary N) is 2. The van der Waals surface area contributed by atoms with Gasteiger partial charge in [0.2, 0.25) is 0 Å². The topological polar surface area (TPSA) is 80.4 Å². The highest BCUT2D eigenvalue weighted by Gasteiger charge is 2.37. The number of rotatable bonds is 2. The van der Waals surface area contributed by atoms with Crippen LogP contribution in [0.1, 0.15) is 22.4 Å². The largest absolute Gasteiger partial charge is 0.416 e. The molecule has 0 radical (unpaired) electrons. The number of pyridine rings is 1. The van der Waals surface area contributed by atoms with Crippen molar-refractivity contribution >= 4 is 39.5 Å². The van der Waals surface area contributed by atoms with E-state index in [9.17, 15) is 22.8 Å². The van der Waals surface area contributed by atoms with Crippen LogP contribution in [0.2, 0.25) is 0 Å². The fourth-order valence-electron chi connectivity index (χ4n) is 4.70. The van der Waals surface area contributed by atoms with E-state index in [1.807, 2.05) is 4.57 Å². The summed E-state index contributed by atoms with van der Waals surface area (Å²) in [6.07, 6.45) is 0.314. The van der Waals surface area contributed by atoms with Gasteiger partial charge in [-0.25, -0.2) is 4.98 Å². The fourth-order valence-corrected chi connectivity index (χ4v) is 4.70. The van der Waals surface area contributed by atoms with E-state index in [0.717, 1.165) is 12.1 Å². The SMILES string of the molecule is O=C1NC(=O)C(c2cnc3ccccn23)=C1c1cn2c3c(cc(C(F)(F)F)cc13)CNCC2. The van der Waals surface area contributed by atoms with Gasteiger partial charge in [0.05, 0.1) is 34.1 Å². The van der Waals surface area contributed by atoms with Crippen LogP contribution in [-0.2, 0) is 28.9 Å². The van der Waals surface area contributed by atoms with Crippen LogP contribution < -0.4 is 10.6 Å². The second-order valence-corrected chi connectivity index (χ2v) is 8.05. The molecule has 2 aliphatic rings. The van der Waals surface area contributed by atoms with Crippen LogP contribution >= 0.6 is 0 Å². The Morgan fingerprint density at radius 1 is 1.06 bits per heavy atom. The monoisotopic (exact) mass is 451 g/mol. The number of carbonyl (C=O) groups is 2. The number of hydrogen-bond acceptors (Lipinski definition) is 4. The van der Waals surface area contributed by atoms with Gasteiger partial charge in [-0.1, -0.05) is 6.07 Å². The lowest BCUT2D eigenvalue weighted by molar-refractivity contribution is -0.137. The van der Waals surface area contributed by atoms with Gasteiger partial charge in [0.1, 0.15) is 5.65 Å². The first-order chi connectivity index (χ1) is 15.8. The summed E-state index contributed by atoms with van der Waals surface area (Å²) in [6.45, 7) is 1.35. The van der Waals surface area contributed by atoms with E-state index >= 15 is 0 Å². The summed E-state index contributed by atoms with van der Waals surface area (Å²) in [5.74, 6) is -1.25. The van der Waals surface area contributed by atoms with E-state index in [2.05, 4.69) is 15.6 Å². The number of hydrogen-bond donors (Lipinski definition) is 2. The number of benzene rings is 1. The molecule has 0 saturated carbocycles. The summed E-state index contributed by atoms with van der Waals surface area (Å²) in [7, 11) is 0. The summed E-state index contributed by atoms with van der Waals surface area (Å²) in [5, 5.41) is 5.73. The van der Waals surface area contributed by atoms with Gasteiger partial charge in [-0.3, -0.25) is 19.3 Å². The summed E-state index contributed by atoms with van der Waals surface area (Å²) in [6, 6.07) is 7.51. The molecule has 4 aromatic rings. The number of imidazole rings is 1. The summed E-state index contributed by atoms with van der Waals surface area (Å²) >= 11 is 0. The van der Waals surface area contributed by atoms with Crippen LogP contribution in [0.3, 0.4) is 0 Å². The molecule has 1 aromatic carbocycles. The summed E-state index contributed by atoms with van der Waals surface area (Å²) in [5.41, 5.74) is 1.73. The van der Waals surface area contributed by atoms with Crippen molar-refractivity contribution in [1.82, 2.24) is 24.6 Å². The van der Waals surface area contributed by atoms with Crippen LogP contribution in [0.4, 0.5) is 13.2 Å². The molecule has 0 atom stereocenters. The van der Waals surface area contributed by atoms with E-state index < -0.39 is 23.6 Å². The Bertz CT molecular complexity index is 1530. The van der Waals surface area contributed by atoms with Gasteiger partial charge in [-0.2, -0.15) is 13.2 Å². The molecule has 0 bridgehead atoms. The third kappa shape index (κ3) is 2.91. The van der Waals surface area contributed by atoms with Crippen molar-refractivity contribution < 1.29 is 22.8 Å². The minimum atomic E-state index is -4.55. The molecule has 0 aliphatic carbocycles. The molecule has 2 aliphatic heterocycles. The number of halogens is 3. The van der Waals surface area contributed by atoms with Crippen molar-refractivity contribution in [2.75, 3.05) is 6.54 Å². The lowest BCUT2D eigenvalue weighted by Crippen LogP contribution is -2.23. The molecule has 0 saturated heterocycles. The van der Waals surface area contributed by atoms with Crippen LogP contribution in [0.25, 0.3) is 27.7 Å². The number of amides is 2. The lowest BCUT2D eigenvalue weighted by Gasteiger charge is -2.11. The maximum absolute atomic E-state index is 13.7. The average Bonchev–Trinajstić information content (AvgIpc) is 3.38. The van der Waals surface area contributed by atoms with Gasteiger partial charge >= 0.3 is 6.18 Å². The predicted octanol–water partition coefficient (Wildman–Crippen LogP) is 2.98. The second-order valence-electron chi connectivity index (χ2n) is 8.05. The highest BCUT2D eigenvalue weighted by molar-refractivity contribution is 6.49. The molecule has 7 nitrogen and oxygen atoms in total. The molecule has 3 aromatic heterocycles. The highest BCUT2D eigenvalue weighted by atomic mass is 19.4. The zero-order chi connectivity index (χ0) is 22.9. The predicted molar refractivity (Wildman–Crippen MR) is 114 cm³/mol. The van der Waals surface area contributed by atoms with Gasteiger partial charge in [-0.15, -0.1) is 0 Å². The van der Waals surface area contributed by atoms with Crippen molar-refractivity contribution in [2.24, 2.45) is 0 Å². The Hall–Kier alpha value is -3.92. The average molecular weight is 451 g/mol. The Balaban J connectivity index is 1.69. The number of carbonyl (C=O) groups excluding carboxylic acids is 2. The first-order valence-corrected chi connectivity index (χ1v) is 10.3. The third-order valence-corrected chi connectivity index (χ3v) is 6.10. The van der Waals surface area contributed by atoms with Gasteiger partial charge in [0, 0.05) is 43.0 Å². The van der Waals surface area contributed by atoms with Crippen molar-refractivity contribution in [3.8, 4) is 0 Å². The van der Waals surface area contributed by atoms with Crippen molar-refractivity contribution in [3.05, 3.63) is 71.3 Å². The molecular weight excluding hydrogens is 435 g/mol. The molecule has 0 fully saturated rings. The molecule has 33 heavy (non-hydrogen) atoms. The van der Waals surface area contributed by atoms with Crippen molar-refractivity contribution in [2.45, 2.75) is 19.3 Å². The maximum atomic E-state index is 13.7.